The Morgan fingerprint density at radius 1 is 1.10 bits per heavy atom. The number of rotatable bonds is 4. The number of halogens is 1. The van der Waals surface area contributed by atoms with Crippen LogP contribution in [0.15, 0.2) is 18.2 Å². The van der Waals surface area contributed by atoms with Crippen molar-refractivity contribution in [3.05, 3.63) is 28.8 Å². The van der Waals surface area contributed by atoms with Crippen LogP contribution < -0.4 is 10.1 Å². The molecule has 4 bridgehead atoms. The van der Waals surface area contributed by atoms with E-state index in [0.29, 0.717) is 47.2 Å². The maximum atomic E-state index is 13.2. The molecule has 4 saturated carbocycles. The van der Waals surface area contributed by atoms with Crippen LogP contribution in [0.4, 0.5) is 0 Å². The third-order valence-corrected chi connectivity index (χ3v) is 7.98. The molecular formula is C23H29ClN2O3. The summed E-state index contributed by atoms with van der Waals surface area (Å²) in [5.74, 6) is 3.37. The molecule has 6 heteroatoms. The van der Waals surface area contributed by atoms with Crippen LogP contribution in [0, 0.1) is 23.7 Å². The van der Waals surface area contributed by atoms with Gasteiger partial charge in [-0.2, -0.15) is 0 Å². The van der Waals surface area contributed by atoms with E-state index >= 15 is 0 Å². The lowest BCUT2D eigenvalue weighted by Crippen LogP contribution is -2.58. The number of hydrogen-bond donors (Lipinski definition) is 1. The van der Waals surface area contributed by atoms with Crippen molar-refractivity contribution in [2.45, 2.75) is 57.0 Å². The zero-order valence-corrected chi connectivity index (χ0v) is 17.7. The first-order chi connectivity index (χ1) is 14.0. The molecule has 5 fully saturated rings. The Hall–Kier alpha value is -1.75. The molecule has 0 radical (unpaired) electrons. The minimum absolute atomic E-state index is 0.0225. The minimum atomic E-state index is -0.400. The average molecular weight is 417 g/mol. The highest BCUT2D eigenvalue weighted by atomic mass is 35.5. The zero-order valence-electron chi connectivity index (χ0n) is 16.9. The number of carbonyl (C=O) groups is 2. The van der Waals surface area contributed by atoms with Gasteiger partial charge < -0.3 is 15.0 Å². The second-order valence-electron chi connectivity index (χ2n) is 9.47. The first-order valence-corrected chi connectivity index (χ1v) is 11.4. The summed E-state index contributed by atoms with van der Waals surface area (Å²) in [6.07, 6.45) is 8.04. The van der Waals surface area contributed by atoms with E-state index in [-0.39, 0.29) is 11.8 Å². The molecule has 1 aromatic carbocycles. The molecule has 4 aliphatic carbocycles. The van der Waals surface area contributed by atoms with Crippen molar-refractivity contribution in [1.82, 2.24) is 10.2 Å². The molecule has 1 atom stereocenters. The fraction of sp³-hybridized carbons (Fsp3) is 0.652. The predicted molar refractivity (Wildman–Crippen MR) is 111 cm³/mol. The monoisotopic (exact) mass is 416 g/mol. The van der Waals surface area contributed by atoms with Crippen LogP contribution in [-0.4, -0.2) is 42.5 Å². The van der Waals surface area contributed by atoms with Gasteiger partial charge >= 0.3 is 0 Å². The Labute approximate surface area is 177 Å². The van der Waals surface area contributed by atoms with Crippen LogP contribution in [0.25, 0.3) is 0 Å². The molecule has 1 saturated heterocycles. The number of benzene rings is 1. The van der Waals surface area contributed by atoms with Crippen molar-refractivity contribution in [2.24, 2.45) is 23.7 Å². The number of ether oxygens (including phenoxy) is 1. The molecule has 6 rings (SSSR count). The van der Waals surface area contributed by atoms with Crippen molar-refractivity contribution < 1.29 is 14.3 Å². The minimum Gasteiger partial charge on any atom is -0.496 e. The summed E-state index contributed by atoms with van der Waals surface area (Å²) in [6.45, 7) is 0.592. The van der Waals surface area contributed by atoms with Crippen LogP contribution in [-0.2, 0) is 4.79 Å². The number of amides is 2. The SMILES string of the molecule is COc1ccc(Cl)cc1C(=O)N1CCCC1C(=O)NC1C2CC3CC(C2)CC1C3. The lowest BCUT2D eigenvalue weighted by Gasteiger charge is -2.54. The first kappa shape index (κ1) is 19.2. The van der Waals surface area contributed by atoms with Gasteiger partial charge in [-0.3, -0.25) is 9.59 Å². The van der Waals surface area contributed by atoms with Gasteiger partial charge in [-0.1, -0.05) is 11.6 Å². The molecule has 5 nitrogen and oxygen atoms in total. The van der Waals surface area contributed by atoms with Crippen molar-refractivity contribution in [2.75, 3.05) is 13.7 Å². The Morgan fingerprint density at radius 2 is 1.79 bits per heavy atom. The highest BCUT2D eigenvalue weighted by molar-refractivity contribution is 6.31. The van der Waals surface area contributed by atoms with Gasteiger partial charge in [-0.25, -0.2) is 0 Å². The number of likely N-dealkylation sites (tertiary alicyclic amines) is 1. The van der Waals surface area contributed by atoms with E-state index in [1.165, 1.54) is 32.1 Å². The molecule has 0 aromatic heterocycles. The molecule has 1 N–H and O–H groups in total. The van der Waals surface area contributed by atoms with Crippen LogP contribution in [0.1, 0.15) is 55.3 Å². The summed E-state index contributed by atoms with van der Waals surface area (Å²) >= 11 is 6.12. The Morgan fingerprint density at radius 3 is 2.45 bits per heavy atom. The van der Waals surface area contributed by atoms with Crippen molar-refractivity contribution in [1.29, 1.82) is 0 Å². The van der Waals surface area contributed by atoms with Crippen molar-refractivity contribution >= 4 is 23.4 Å². The standard InChI is InChI=1S/C23H29ClN2O3/c1-29-20-5-4-17(24)12-18(20)23(28)26-6-2-3-19(26)22(27)25-21-15-8-13-7-14(10-15)11-16(21)9-13/h4-5,12-16,19,21H,2-3,6-11H2,1H3,(H,25,27). The predicted octanol–water partition coefficient (Wildman–Crippen LogP) is 3.89. The number of nitrogens with one attached hydrogen (secondary N) is 1. The second kappa shape index (κ2) is 7.50. The molecule has 1 aromatic rings. The highest BCUT2D eigenvalue weighted by Gasteiger charge is 2.49. The van der Waals surface area contributed by atoms with E-state index in [9.17, 15) is 9.59 Å². The van der Waals surface area contributed by atoms with Crippen LogP contribution in [0.5, 0.6) is 5.75 Å². The lowest BCUT2D eigenvalue weighted by atomic mass is 9.54. The molecule has 1 heterocycles. The Kier molecular flexibility index (Phi) is 4.97. The van der Waals surface area contributed by atoms with E-state index in [4.69, 9.17) is 16.3 Å². The summed E-state index contributed by atoms with van der Waals surface area (Å²) in [5.41, 5.74) is 0.425. The van der Waals surface area contributed by atoms with Gasteiger partial charge in [-0.05, 0) is 86.8 Å². The average Bonchev–Trinajstić information content (AvgIpc) is 3.19. The highest BCUT2D eigenvalue weighted by Crippen LogP contribution is 2.53. The molecule has 5 aliphatic rings. The van der Waals surface area contributed by atoms with Crippen LogP contribution in [0.3, 0.4) is 0 Å². The van der Waals surface area contributed by atoms with Gasteiger partial charge in [0, 0.05) is 17.6 Å². The lowest BCUT2D eigenvalue weighted by molar-refractivity contribution is -0.128. The molecule has 29 heavy (non-hydrogen) atoms. The molecule has 0 spiro atoms. The maximum absolute atomic E-state index is 13.2. The van der Waals surface area contributed by atoms with E-state index in [0.717, 1.165) is 18.3 Å². The number of carbonyl (C=O) groups excluding carboxylic acids is 2. The largest absolute Gasteiger partial charge is 0.496 e. The first-order valence-electron chi connectivity index (χ1n) is 11.0. The van der Waals surface area contributed by atoms with Crippen molar-refractivity contribution in [3.8, 4) is 5.75 Å². The van der Waals surface area contributed by atoms with Gasteiger partial charge in [0.25, 0.3) is 5.91 Å². The van der Waals surface area contributed by atoms with Crippen LogP contribution in [0.2, 0.25) is 5.02 Å². The zero-order chi connectivity index (χ0) is 20.1. The number of nitrogens with zero attached hydrogens (tertiary/aromatic N) is 1. The fourth-order valence-corrected chi connectivity index (χ4v) is 6.88. The Balaban J connectivity index is 1.31. The molecule has 2 amide bonds. The van der Waals surface area contributed by atoms with E-state index in [1.54, 1.807) is 30.2 Å². The Bertz CT molecular complexity index is 798. The summed E-state index contributed by atoms with van der Waals surface area (Å²) in [4.78, 5) is 28.2. The maximum Gasteiger partial charge on any atom is 0.258 e. The summed E-state index contributed by atoms with van der Waals surface area (Å²) in [5, 5.41) is 3.88. The topological polar surface area (TPSA) is 58.6 Å². The van der Waals surface area contributed by atoms with E-state index in [2.05, 4.69) is 5.32 Å². The molecule has 1 unspecified atom stereocenters. The quantitative estimate of drug-likeness (QED) is 0.809. The van der Waals surface area contributed by atoms with Gasteiger partial charge in [0.15, 0.2) is 0 Å². The van der Waals surface area contributed by atoms with Gasteiger partial charge in [0.2, 0.25) is 5.91 Å². The molecule has 1 aliphatic heterocycles. The summed E-state index contributed by atoms with van der Waals surface area (Å²) in [7, 11) is 1.54. The number of hydrogen-bond acceptors (Lipinski definition) is 3. The van der Waals surface area contributed by atoms with Crippen molar-refractivity contribution in [3.63, 3.8) is 0 Å². The molecule has 156 valence electrons. The van der Waals surface area contributed by atoms with E-state index in [1.807, 2.05) is 0 Å². The summed E-state index contributed by atoms with van der Waals surface area (Å²) < 4.78 is 5.36. The van der Waals surface area contributed by atoms with Gasteiger partial charge in [0.05, 0.1) is 12.7 Å². The number of methoxy groups -OCH3 is 1. The second-order valence-corrected chi connectivity index (χ2v) is 9.90. The van der Waals surface area contributed by atoms with E-state index < -0.39 is 6.04 Å². The fourth-order valence-electron chi connectivity index (χ4n) is 6.71. The smallest absolute Gasteiger partial charge is 0.258 e. The van der Waals surface area contributed by atoms with Gasteiger partial charge in [0.1, 0.15) is 11.8 Å². The molecular weight excluding hydrogens is 388 g/mol. The van der Waals surface area contributed by atoms with Crippen LogP contribution >= 0.6 is 11.6 Å². The third-order valence-electron chi connectivity index (χ3n) is 7.74. The normalized spacial score (nSPS) is 35.0. The van der Waals surface area contributed by atoms with Gasteiger partial charge in [-0.15, -0.1) is 0 Å². The summed E-state index contributed by atoms with van der Waals surface area (Å²) in [6, 6.07) is 4.94. The third kappa shape index (κ3) is 3.41.